The average molecular weight is 804 g/mol. The molecule has 12 aromatic rings. The number of imidazole rings is 1. The highest BCUT2D eigenvalue weighted by molar-refractivity contribution is 6.20. The number of fused-ring (bicyclic) bond motifs is 6. The van der Waals surface area contributed by atoms with Crippen LogP contribution in [0.5, 0.6) is 0 Å². The molecule has 294 valence electrons. The lowest BCUT2D eigenvalue weighted by Crippen LogP contribution is -1.97. The van der Waals surface area contributed by atoms with Gasteiger partial charge in [0.15, 0.2) is 5.82 Å². The van der Waals surface area contributed by atoms with Crippen molar-refractivity contribution in [3.8, 4) is 73.2 Å². The Morgan fingerprint density at radius 3 is 1.56 bits per heavy atom. The fraction of sp³-hybridized carbons (Fsp3) is 0. The van der Waals surface area contributed by atoms with Crippen LogP contribution in [0.2, 0.25) is 0 Å². The van der Waals surface area contributed by atoms with E-state index < -0.39 is 0 Å². The Morgan fingerprint density at radius 2 is 0.841 bits per heavy atom. The second-order valence-corrected chi connectivity index (χ2v) is 15.8. The van der Waals surface area contributed by atoms with Crippen LogP contribution in [-0.4, -0.2) is 24.5 Å². The van der Waals surface area contributed by atoms with E-state index in [0.29, 0.717) is 5.82 Å². The largest absolute Gasteiger partial charge is 0.292 e. The summed E-state index contributed by atoms with van der Waals surface area (Å²) in [7, 11) is 0. The van der Waals surface area contributed by atoms with E-state index >= 15 is 0 Å². The number of hydrogen-bond donors (Lipinski definition) is 0. The van der Waals surface area contributed by atoms with Gasteiger partial charge in [0.2, 0.25) is 0 Å². The normalized spacial score (nSPS) is 11.5. The molecule has 5 nitrogen and oxygen atoms in total. The molecular weight excluding hydrogens is 767 g/mol. The Hall–Kier alpha value is -8.54. The van der Waals surface area contributed by atoms with Crippen LogP contribution in [0.1, 0.15) is 0 Å². The quantitative estimate of drug-likeness (QED) is 0.151. The van der Waals surface area contributed by atoms with Crippen molar-refractivity contribution in [2.45, 2.75) is 0 Å². The standard InChI is InChI=1S/C58H37N5/c1-4-15-38(16-5-1)44-19-14-20-45(37-44)54-49-24-11-13-26-51(49)60-57(61-54)42-33-29-40(30-34-42)39-27-31-41(32-28-39)55-53-48(47-23-10-12-25-50(47)59-55)35-36-52-56(53)62-58(43-17-6-2-7-18-43)63(52)46-21-8-3-9-22-46/h1-37H. The van der Waals surface area contributed by atoms with Crippen LogP contribution in [0.25, 0.3) is 117 Å². The minimum atomic E-state index is 0.696. The molecule has 12 rings (SSSR count). The zero-order valence-electron chi connectivity index (χ0n) is 34.1. The molecule has 63 heavy (non-hydrogen) atoms. The summed E-state index contributed by atoms with van der Waals surface area (Å²) in [5, 5.41) is 4.30. The summed E-state index contributed by atoms with van der Waals surface area (Å²) < 4.78 is 2.27. The van der Waals surface area contributed by atoms with Gasteiger partial charge in [0.05, 0.1) is 33.5 Å². The summed E-state index contributed by atoms with van der Waals surface area (Å²) >= 11 is 0. The lowest BCUT2D eigenvalue weighted by atomic mass is 9.96. The summed E-state index contributed by atoms with van der Waals surface area (Å²) in [6.07, 6.45) is 0. The first-order chi connectivity index (χ1) is 31.2. The molecule has 0 fully saturated rings. The van der Waals surface area contributed by atoms with Gasteiger partial charge in [0.1, 0.15) is 5.82 Å². The summed E-state index contributed by atoms with van der Waals surface area (Å²) in [4.78, 5) is 21.1. The van der Waals surface area contributed by atoms with Crippen molar-refractivity contribution in [2.24, 2.45) is 0 Å². The smallest absolute Gasteiger partial charge is 0.160 e. The van der Waals surface area contributed by atoms with Gasteiger partial charge in [-0.05, 0) is 64.0 Å². The number of pyridine rings is 1. The van der Waals surface area contributed by atoms with Crippen molar-refractivity contribution in [3.05, 3.63) is 224 Å². The number of hydrogen-bond acceptors (Lipinski definition) is 4. The monoisotopic (exact) mass is 803 g/mol. The highest BCUT2D eigenvalue weighted by Gasteiger charge is 2.21. The maximum Gasteiger partial charge on any atom is 0.160 e. The molecule has 0 aliphatic heterocycles. The Bertz CT molecular complexity index is 3640. The predicted molar refractivity (Wildman–Crippen MR) is 260 cm³/mol. The fourth-order valence-corrected chi connectivity index (χ4v) is 8.95. The van der Waals surface area contributed by atoms with Crippen molar-refractivity contribution in [3.63, 3.8) is 0 Å². The molecule has 5 heteroatoms. The van der Waals surface area contributed by atoms with Gasteiger partial charge in [-0.3, -0.25) is 4.57 Å². The molecule has 0 saturated carbocycles. The molecule has 0 aliphatic rings. The van der Waals surface area contributed by atoms with Crippen LogP contribution in [0.4, 0.5) is 0 Å². The predicted octanol–water partition coefficient (Wildman–Crippen LogP) is 14.7. The molecular formula is C58H37N5. The van der Waals surface area contributed by atoms with Crippen LogP contribution in [0, 0.1) is 0 Å². The number of nitrogens with zero attached hydrogens (tertiary/aromatic N) is 5. The van der Waals surface area contributed by atoms with Crippen LogP contribution in [-0.2, 0) is 0 Å². The van der Waals surface area contributed by atoms with E-state index in [1.165, 1.54) is 5.56 Å². The van der Waals surface area contributed by atoms with E-state index in [0.717, 1.165) is 105 Å². The van der Waals surface area contributed by atoms with Crippen molar-refractivity contribution >= 4 is 43.6 Å². The van der Waals surface area contributed by atoms with Gasteiger partial charge in [-0.15, -0.1) is 0 Å². The van der Waals surface area contributed by atoms with Gasteiger partial charge < -0.3 is 0 Å². The second-order valence-electron chi connectivity index (χ2n) is 15.8. The summed E-state index contributed by atoms with van der Waals surface area (Å²) in [5.74, 6) is 1.59. The molecule has 0 atom stereocenters. The molecule has 0 N–H and O–H groups in total. The zero-order valence-corrected chi connectivity index (χ0v) is 34.1. The minimum Gasteiger partial charge on any atom is -0.292 e. The molecule has 0 unspecified atom stereocenters. The van der Waals surface area contributed by atoms with E-state index in [1.807, 2.05) is 18.2 Å². The maximum atomic E-state index is 5.45. The van der Waals surface area contributed by atoms with E-state index in [-0.39, 0.29) is 0 Å². The van der Waals surface area contributed by atoms with Crippen molar-refractivity contribution in [1.29, 1.82) is 0 Å². The molecule has 3 aromatic heterocycles. The van der Waals surface area contributed by atoms with Crippen molar-refractivity contribution < 1.29 is 0 Å². The minimum absolute atomic E-state index is 0.696. The SMILES string of the molecule is c1ccc(-c2cccc(-c3nc(-c4ccc(-c5ccc(-c6nc7ccccc7c7ccc8c(nc(-c9ccccc9)n8-c8ccccc8)c67)cc5)cc4)nc4ccccc34)c2)cc1. The van der Waals surface area contributed by atoms with Gasteiger partial charge >= 0.3 is 0 Å². The molecule has 0 saturated heterocycles. The van der Waals surface area contributed by atoms with E-state index in [2.05, 4.69) is 211 Å². The van der Waals surface area contributed by atoms with Gasteiger partial charge in [0, 0.05) is 44.1 Å². The van der Waals surface area contributed by atoms with Crippen LogP contribution < -0.4 is 0 Å². The average Bonchev–Trinajstić information content (AvgIpc) is 3.77. The Kier molecular flexibility index (Phi) is 8.75. The number of rotatable bonds is 7. The Balaban J connectivity index is 0.937. The van der Waals surface area contributed by atoms with Crippen molar-refractivity contribution in [1.82, 2.24) is 24.5 Å². The third kappa shape index (κ3) is 6.42. The molecule has 0 spiro atoms. The van der Waals surface area contributed by atoms with Crippen LogP contribution in [0.15, 0.2) is 224 Å². The third-order valence-corrected chi connectivity index (χ3v) is 12.0. The number of para-hydroxylation sites is 3. The van der Waals surface area contributed by atoms with Gasteiger partial charge in [-0.2, -0.15) is 0 Å². The third-order valence-electron chi connectivity index (χ3n) is 12.0. The first-order valence-electron chi connectivity index (χ1n) is 21.2. The molecule has 0 radical (unpaired) electrons. The topological polar surface area (TPSA) is 56.5 Å². The van der Waals surface area contributed by atoms with E-state index in [4.69, 9.17) is 19.9 Å². The molecule has 0 aliphatic carbocycles. The summed E-state index contributed by atoms with van der Waals surface area (Å²) in [6, 6.07) is 78.4. The fourth-order valence-electron chi connectivity index (χ4n) is 8.95. The molecule has 0 amide bonds. The maximum absolute atomic E-state index is 5.45. The van der Waals surface area contributed by atoms with Crippen molar-refractivity contribution in [2.75, 3.05) is 0 Å². The lowest BCUT2D eigenvalue weighted by molar-refractivity contribution is 1.10. The second kappa shape index (κ2) is 15.2. The summed E-state index contributed by atoms with van der Waals surface area (Å²) in [5.41, 5.74) is 15.4. The highest BCUT2D eigenvalue weighted by Crippen LogP contribution is 2.40. The lowest BCUT2D eigenvalue weighted by Gasteiger charge is -2.13. The number of aromatic nitrogens is 5. The Morgan fingerprint density at radius 1 is 0.302 bits per heavy atom. The summed E-state index contributed by atoms with van der Waals surface area (Å²) in [6.45, 7) is 0. The molecule has 9 aromatic carbocycles. The van der Waals surface area contributed by atoms with Gasteiger partial charge in [0.25, 0.3) is 0 Å². The van der Waals surface area contributed by atoms with E-state index in [9.17, 15) is 0 Å². The zero-order chi connectivity index (χ0) is 41.7. The first-order valence-corrected chi connectivity index (χ1v) is 21.2. The highest BCUT2D eigenvalue weighted by atomic mass is 15.1. The number of benzene rings is 9. The van der Waals surface area contributed by atoms with Gasteiger partial charge in [-0.1, -0.05) is 188 Å². The molecule has 0 bridgehead atoms. The molecule has 3 heterocycles. The van der Waals surface area contributed by atoms with Crippen LogP contribution >= 0.6 is 0 Å². The van der Waals surface area contributed by atoms with Gasteiger partial charge in [-0.25, -0.2) is 19.9 Å². The van der Waals surface area contributed by atoms with E-state index in [1.54, 1.807) is 0 Å². The van der Waals surface area contributed by atoms with Crippen LogP contribution in [0.3, 0.4) is 0 Å². The first kappa shape index (κ1) is 36.3. The Labute approximate surface area is 364 Å².